The molecule has 3 aliphatic rings. The monoisotopic (exact) mass is 632 g/mol. The first-order valence-corrected chi connectivity index (χ1v) is 16.9. The van der Waals surface area contributed by atoms with Crippen molar-refractivity contribution in [3.63, 3.8) is 0 Å². The van der Waals surface area contributed by atoms with Crippen LogP contribution in [0.4, 0.5) is 0 Å². The zero-order valence-electron chi connectivity index (χ0n) is 26.9. The number of likely N-dealkylation sites (tertiary alicyclic amines) is 1. The third kappa shape index (κ3) is 7.78. The topological polar surface area (TPSA) is 139 Å². The van der Waals surface area contributed by atoms with Crippen molar-refractivity contribution in [3.8, 4) is 0 Å². The van der Waals surface area contributed by atoms with Gasteiger partial charge in [0.1, 0.15) is 11.6 Å². The largest absolute Gasteiger partial charge is 0.478 e. The second kappa shape index (κ2) is 14.8. The minimum Gasteiger partial charge on any atom is -0.478 e. The number of nitrogens with one attached hydrogen (secondary N) is 2. The Morgan fingerprint density at radius 2 is 1.52 bits per heavy atom. The second-order valence-corrected chi connectivity index (χ2v) is 13.4. The fourth-order valence-electron chi connectivity index (χ4n) is 7.30. The lowest BCUT2D eigenvalue weighted by Crippen LogP contribution is -2.73. The van der Waals surface area contributed by atoms with E-state index in [0.717, 1.165) is 49.7 Å². The van der Waals surface area contributed by atoms with E-state index < -0.39 is 23.2 Å². The lowest BCUT2D eigenvalue weighted by Gasteiger charge is -2.52. The minimum atomic E-state index is -0.988. The first-order valence-electron chi connectivity index (χ1n) is 16.9. The number of unbranched alkanes of at least 4 members (excludes halogenated alkanes) is 2. The highest BCUT2D eigenvalue weighted by Gasteiger charge is 2.54. The lowest BCUT2D eigenvalue weighted by molar-refractivity contribution is -0.163. The number of aliphatic hydroxyl groups is 1. The zero-order chi connectivity index (χ0) is 32.7. The van der Waals surface area contributed by atoms with E-state index in [0.29, 0.717) is 64.0 Å². The third-order valence-electron chi connectivity index (χ3n) is 10.1. The number of aromatic carboxylic acids is 1. The summed E-state index contributed by atoms with van der Waals surface area (Å²) in [7, 11) is 0. The molecule has 0 aromatic heterocycles. The maximum absolute atomic E-state index is 13.9. The Kier molecular flexibility index (Phi) is 10.8. The summed E-state index contributed by atoms with van der Waals surface area (Å²) in [4.78, 5) is 55.6. The molecule has 0 unspecified atom stereocenters. The standard InChI is InChI=1S/C36H48N4O6/c1-2-3-7-20-40-32(42)30(23-35(46)16-5-4-6-17-35)38-34(45)36(40)18-21-39(22-19-36)25-27-10-12-28(13-11-27)31(41)37-24-26-8-14-29(15-9-26)33(43)44/h8-15,30,46H,2-7,16-25H2,1H3,(H,37,41)(H,38,45)(H,43,44)/t30-/m1/s1. The van der Waals surface area contributed by atoms with Gasteiger partial charge in [-0.3, -0.25) is 19.3 Å². The Bertz CT molecular complexity index is 1380. The van der Waals surface area contributed by atoms with Crippen molar-refractivity contribution in [3.05, 3.63) is 70.8 Å². The summed E-state index contributed by atoms with van der Waals surface area (Å²) in [5.74, 6) is -1.33. The summed E-state index contributed by atoms with van der Waals surface area (Å²) in [6.07, 6.45) is 8.65. The summed E-state index contributed by atoms with van der Waals surface area (Å²) >= 11 is 0. The van der Waals surface area contributed by atoms with E-state index in [1.165, 1.54) is 12.1 Å². The van der Waals surface area contributed by atoms with Gasteiger partial charge < -0.3 is 25.7 Å². The number of carboxylic acids is 1. The van der Waals surface area contributed by atoms with Crippen molar-refractivity contribution in [2.24, 2.45) is 0 Å². The van der Waals surface area contributed by atoms with Crippen molar-refractivity contribution >= 4 is 23.7 Å². The average Bonchev–Trinajstić information content (AvgIpc) is 3.06. The molecule has 1 saturated carbocycles. The van der Waals surface area contributed by atoms with E-state index in [9.17, 15) is 24.3 Å². The van der Waals surface area contributed by atoms with Gasteiger partial charge in [0.15, 0.2) is 0 Å². The van der Waals surface area contributed by atoms with Crippen molar-refractivity contribution in [1.29, 1.82) is 0 Å². The number of rotatable bonds is 12. The smallest absolute Gasteiger partial charge is 0.335 e. The molecule has 1 spiro atoms. The van der Waals surface area contributed by atoms with E-state index >= 15 is 0 Å². The van der Waals surface area contributed by atoms with Crippen LogP contribution in [0, 0.1) is 0 Å². The van der Waals surface area contributed by atoms with Crippen molar-refractivity contribution in [1.82, 2.24) is 20.4 Å². The Hall–Kier alpha value is -3.76. The molecule has 2 aliphatic heterocycles. The molecule has 2 saturated heterocycles. The molecule has 2 aromatic rings. The summed E-state index contributed by atoms with van der Waals surface area (Å²) in [5, 5.41) is 26.2. The van der Waals surface area contributed by atoms with Crippen molar-refractivity contribution in [2.45, 2.75) is 108 Å². The molecular formula is C36H48N4O6. The third-order valence-corrected chi connectivity index (χ3v) is 10.1. The van der Waals surface area contributed by atoms with Crippen LogP contribution in [0.15, 0.2) is 48.5 Å². The molecule has 10 nitrogen and oxygen atoms in total. The van der Waals surface area contributed by atoms with Crippen LogP contribution in [0.25, 0.3) is 0 Å². The summed E-state index contributed by atoms with van der Waals surface area (Å²) in [5.41, 5.74) is 0.863. The molecule has 4 N–H and O–H groups in total. The molecular weight excluding hydrogens is 584 g/mol. The molecule has 1 atom stereocenters. The molecule has 1 aliphatic carbocycles. The SMILES string of the molecule is CCCCCN1C(=O)[C@@H](CC2(O)CCCCC2)NC(=O)C12CCN(Cc1ccc(C(=O)NCc3ccc(C(=O)O)cc3)cc1)CC2. The quantitative estimate of drug-likeness (QED) is 0.257. The normalized spacial score (nSPS) is 21.2. The first-order chi connectivity index (χ1) is 22.1. The number of carbonyl (C=O) groups is 4. The predicted octanol–water partition coefficient (Wildman–Crippen LogP) is 4.25. The average molecular weight is 633 g/mol. The highest BCUT2D eigenvalue weighted by molar-refractivity contribution is 6.00. The molecule has 248 valence electrons. The number of hydrogen-bond donors (Lipinski definition) is 4. The summed E-state index contributed by atoms with van der Waals surface area (Å²) < 4.78 is 0. The molecule has 0 radical (unpaired) electrons. The van der Waals surface area contributed by atoms with Gasteiger partial charge in [0.05, 0.1) is 11.2 Å². The molecule has 2 aromatic carbocycles. The number of nitrogens with zero attached hydrogens (tertiary/aromatic N) is 2. The lowest BCUT2D eigenvalue weighted by atomic mass is 9.77. The van der Waals surface area contributed by atoms with Gasteiger partial charge in [0.25, 0.3) is 5.91 Å². The van der Waals surface area contributed by atoms with E-state index in [4.69, 9.17) is 5.11 Å². The van der Waals surface area contributed by atoms with E-state index in [1.54, 1.807) is 24.3 Å². The van der Waals surface area contributed by atoms with E-state index in [-0.39, 0.29) is 29.7 Å². The Balaban J connectivity index is 1.16. The number of benzene rings is 2. The number of hydrogen-bond acceptors (Lipinski definition) is 6. The Morgan fingerprint density at radius 1 is 0.891 bits per heavy atom. The number of piperidine rings is 1. The fourth-order valence-corrected chi connectivity index (χ4v) is 7.30. The van der Waals surface area contributed by atoms with Crippen LogP contribution in [0.3, 0.4) is 0 Å². The Morgan fingerprint density at radius 3 is 2.15 bits per heavy atom. The first kappa shape index (κ1) is 33.6. The van der Waals surface area contributed by atoms with Gasteiger partial charge >= 0.3 is 5.97 Å². The van der Waals surface area contributed by atoms with Gasteiger partial charge in [-0.2, -0.15) is 0 Å². The zero-order valence-corrected chi connectivity index (χ0v) is 26.9. The molecule has 10 heteroatoms. The van der Waals surface area contributed by atoms with Gasteiger partial charge in [0, 0.05) is 44.7 Å². The number of carbonyl (C=O) groups excluding carboxylic acids is 3. The highest BCUT2D eigenvalue weighted by Crippen LogP contribution is 2.37. The Labute approximate surface area is 271 Å². The van der Waals surface area contributed by atoms with Crippen LogP contribution in [0.1, 0.15) is 109 Å². The molecule has 3 amide bonds. The number of carboxylic acid groups (broad SMARTS) is 1. The van der Waals surface area contributed by atoms with Crippen LogP contribution in [-0.2, 0) is 22.7 Å². The van der Waals surface area contributed by atoms with Gasteiger partial charge in [-0.25, -0.2) is 4.79 Å². The fraction of sp³-hybridized carbons (Fsp3) is 0.556. The molecule has 5 rings (SSSR count). The van der Waals surface area contributed by atoms with Crippen molar-refractivity contribution in [2.75, 3.05) is 19.6 Å². The minimum absolute atomic E-state index is 0.0470. The van der Waals surface area contributed by atoms with Crippen LogP contribution in [0.5, 0.6) is 0 Å². The molecule has 2 heterocycles. The van der Waals surface area contributed by atoms with Gasteiger partial charge in [0.2, 0.25) is 11.8 Å². The molecule has 3 fully saturated rings. The van der Waals surface area contributed by atoms with Crippen LogP contribution >= 0.6 is 0 Å². The number of amides is 3. The molecule has 0 bridgehead atoms. The van der Waals surface area contributed by atoms with Crippen LogP contribution < -0.4 is 10.6 Å². The maximum Gasteiger partial charge on any atom is 0.335 e. The maximum atomic E-state index is 13.9. The second-order valence-electron chi connectivity index (χ2n) is 13.4. The van der Waals surface area contributed by atoms with Gasteiger partial charge in [-0.15, -0.1) is 0 Å². The van der Waals surface area contributed by atoms with E-state index in [2.05, 4.69) is 22.5 Å². The highest BCUT2D eigenvalue weighted by atomic mass is 16.4. The van der Waals surface area contributed by atoms with Crippen LogP contribution in [0.2, 0.25) is 0 Å². The van der Waals surface area contributed by atoms with E-state index in [1.807, 2.05) is 17.0 Å². The molecule has 46 heavy (non-hydrogen) atoms. The van der Waals surface area contributed by atoms with Gasteiger partial charge in [-0.05, 0) is 67.5 Å². The summed E-state index contributed by atoms with van der Waals surface area (Å²) in [6, 6.07) is 13.2. The summed E-state index contributed by atoms with van der Waals surface area (Å²) in [6.45, 7) is 5.00. The van der Waals surface area contributed by atoms with Crippen LogP contribution in [-0.4, -0.2) is 80.5 Å². The predicted molar refractivity (Wildman–Crippen MR) is 174 cm³/mol. The van der Waals surface area contributed by atoms with Crippen molar-refractivity contribution < 1.29 is 29.4 Å². The number of piperazine rings is 1. The van der Waals surface area contributed by atoms with Gasteiger partial charge in [-0.1, -0.05) is 63.3 Å².